The summed E-state index contributed by atoms with van der Waals surface area (Å²) in [5.74, 6) is 0.139. The highest BCUT2D eigenvalue weighted by Gasteiger charge is 2.12. The van der Waals surface area contributed by atoms with Crippen molar-refractivity contribution in [1.82, 2.24) is 0 Å². The van der Waals surface area contributed by atoms with Crippen molar-refractivity contribution in [3.8, 4) is 5.75 Å². The summed E-state index contributed by atoms with van der Waals surface area (Å²) in [6, 6.07) is 10.7. The largest absolute Gasteiger partial charge is 0.508 e. The van der Waals surface area contributed by atoms with Gasteiger partial charge in [0.1, 0.15) is 5.75 Å². The number of amides is 2. The number of urea groups is 1. The van der Waals surface area contributed by atoms with Gasteiger partial charge in [-0.2, -0.15) is 0 Å². The van der Waals surface area contributed by atoms with Crippen LogP contribution < -0.4 is 10.2 Å². The zero-order valence-electron chi connectivity index (χ0n) is 10.6. The third kappa shape index (κ3) is 3.35. The van der Waals surface area contributed by atoms with Gasteiger partial charge in [0.15, 0.2) is 0 Å². The lowest BCUT2D eigenvalue weighted by Gasteiger charge is -2.18. The number of carbonyl (C=O) groups excluding carboxylic acids is 1. The van der Waals surface area contributed by atoms with E-state index in [0.29, 0.717) is 21.4 Å². The van der Waals surface area contributed by atoms with Gasteiger partial charge >= 0.3 is 6.03 Å². The Morgan fingerprint density at radius 3 is 2.45 bits per heavy atom. The second-order valence-electron chi connectivity index (χ2n) is 4.13. The van der Waals surface area contributed by atoms with Gasteiger partial charge in [-0.3, -0.25) is 4.90 Å². The second-order valence-corrected chi connectivity index (χ2v) is 4.97. The van der Waals surface area contributed by atoms with E-state index >= 15 is 0 Å². The zero-order valence-corrected chi connectivity index (χ0v) is 12.1. The Balaban J connectivity index is 2.15. The van der Waals surface area contributed by atoms with Gasteiger partial charge in [-0.15, -0.1) is 0 Å². The molecule has 0 saturated heterocycles. The van der Waals surface area contributed by atoms with E-state index < -0.39 is 0 Å². The molecule has 2 aromatic rings. The van der Waals surface area contributed by atoms with E-state index in [1.54, 1.807) is 37.4 Å². The lowest BCUT2D eigenvalue weighted by molar-refractivity contribution is 0.258. The predicted molar refractivity (Wildman–Crippen MR) is 82.0 cm³/mol. The third-order valence-electron chi connectivity index (χ3n) is 2.71. The van der Waals surface area contributed by atoms with Crippen LogP contribution in [0.25, 0.3) is 0 Å². The summed E-state index contributed by atoms with van der Waals surface area (Å²) in [6.07, 6.45) is 0. The Hall–Kier alpha value is -1.91. The van der Waals surface area contributed by atoms with E-state index in [1.807, 2.05) is 0 Å². The second kappa shape index (κ2) is 6.03. The smallest absolute Gasteiger partial charge is 0.326 e. The number of anilines is 2. The summed E-state index contributed by atoms with van der Waals surface area (Å²) < 4.78 is 0. The number of phenolic OH excluding ortho intramolecular Hbond substituents is 1. The molecule has 0 aliphatic carbocycles. The van der Waals surface area contributed by atoms with E-state index in [0.717, 1.165) is 0 Å². The van der Waals surface area contributed by atoms with Crippen molar-refractivity contribution in [3.05, 3.63) is 52.5 Å². The lowest BCUT2D eigenvalue weighted by atomic mass is 10.3. The Labute approximate surface area is 126 Å². The Morgan fingerprint density at radius 1 is 1.15 bits per heavy atom. The molecular weight excluding hydrogens is 299 g/mol. The van der Waals surface area contributed by atoms with Crippen molar-refractivity contribution in [2.24, 2.45) is 0 Å². The number of hydrogen-bond acceptors (Lipinski definition) is 2. The molecule has 2 aromatic carbocycles. The van der Waals surface area contributed by atoms with Crippen LogP contribution in [0.15, 0.2) is 42.5 Å². The molecule has 2 rings (SSSR count). The van der Waals surface area contributed by atoms with Gasteiger partial charge in [0, 0.05) is 17.8 Å². The van der Waals surface area contributed by atoms with Crippen LogP contribution in [0.5, 0.6) is 5.75 Å². The standard InChI is InChI=1S/C14H12Cl2N2O2/c1-18(10-3-5-11(19)6-4-10)14(20)17-13-8-9(15)2-7-12(13)16/h2-8,19H,1H3,(H,17,20). The number of halogens is 2. The molecule has 2 N–H and O–H groups in total. The van der Waals surface area contributed by atoms with Gasteiger partial charge in [0.25, 0.3) is 0 Å². The maximum absolute atomic E-state index is 12.1. The minimum absolute atomic E-state index is 0.139. The Bertz CT molecular complexity index is 630. The normalized spacial score (nSPS) is 10.2. The Morgan fingerprint density at radius 2 is 1.80 bits per heavy atom. The first-order valence-corrected chi connectivity index (χ1v) is 6.52. The first-order chi connectivity index (χ1) is 9.47. The van der Waals surface area contributed by atoms with Crippen LogP contribution in [0.1, 0.15) is 0 Å². The number of hydrogen-bond donors (Lipinski definition) is 2. The molecule has 0 aliphatic heterocycles. The first-order valence-electron chi connectivity index (χ1n) is 5.76. The molecule has 104 valence electrons. The number of phenols is 1. The molecule has 0 saturated carbocycles. The molecule has 0 bridgehead atoms. The van der Waals surface area contributed by atoms with Crippen molar-refractivity contribution in [3.63, 3.8) is 0 Å². The monoisotopic (exact) mass is 310 g/mol. The number of nitrogens with zero attached hydrogens (tertiary/aromatic N) is 1. The molecule has 2 amide bonds. The van der Waals surface area contributed by atoms with E-state index in [2.05, 4.69) is 5.32 Å². The maximum atomic E-state index is 12.1. The summed E-state index contributed by atoms with van der Waals surface area (Å²) in [5.41, 5.74) is 1.08. The van der Waals surface area contributed by atoms with Crippen molar-refractivity contribution >= 4 is 40.6 Å². The Kier molecular flexibility index (Phi) is 4.37. The van der Waals surface area contributed by atoms with Crippen molar-refractivity contribution in [1.29, 1.82) is 0 Å². The topological polar surface area (TPSA) is 52.6 Å². The average Bonchev–Trinajstić information content (AvgIpc) is 2.43. The molecular formula is C14H12Cl2N2O2. The van der Waals surface area contributed by atoms with Crippen LogP contribution in [0.4, 0.5) is 16.2 Å². The minimum atomic E-state index is -0.361. The van der Waals surface area contributed by atoms with Crippen LogP contribution in [0, 0.1) is 0 Å². The van der Waals surface area contributed by atoms with Gasteiger partial charge in [0.2, 0.25) is 0 Å². The molecule has 0 radical (unpaired) electrons. The molecule has 4 nitrogen and oxygen atoms in total. The fourth-order valence-electron chi connectivity index (χ4n) is 1.59. The molecule has 0 spiro atoms. The highest BCUT2D eigenvalue weighted by molar-refractivity contribution is 6.35. The fraction of sp³-hybridized carbons (Fsp3) is 0.0714. The van der Waals surface area contributed by atoms with Gasteiger partial charge < -0.3 is 10.4 Å². The lowest BCUT2D eigenvalue weighted by Crippen LogP contribution is -2.31. The highest BCUT2D eigenvalue weighted by Crippen LogP contribution is 2.26. The molecule has 0 unspecified atom stereocenters. The van der Waals surface area contributed by atoms with Crippen LogP contribution in [0.3, 0.4) is 0 Å². The highest BCUT2D eigenvalue weighted by atomic mass is 35.5. The number of carbonyl (C=O) groups is 1. The SMILES string of the molecule is CN(C(=O)Nc1cc(Cl)ccc1Cl)c1ccc(O)cc1. The van der Waals surface area contributed by atoms with Gasteiger partial charge in [-0.05, 0) is 42.5 Å². The quantitative estimate of drug-likeness (QED) is 0.865. The first kappa shape index (κ1) is 14.5. The van der Waals surface area contributed by atoms with Crippen molar-refractivity contribution in [2.75, 3.05) is 17.3 Å². The number of aromatic hydroxyl groups is 1. The fourth-order valence-corrected chi connectivity index (χ4v) is 1.92. The molecule has 20 heavy (non-hydrogen) atoms. The third-order valence-corrected chi connectivity index (χ3v) is 3.28. The number of rotatable bonds is 2. The van der Waals surface area contributed by atoms with Crippen LogP contribution >= 0.6 is 23.2 Å². The van der Waals surface area contributed by atoms with Crippen LogP contribution in [-0.4, -0.2) is 18.2 Å². The molecule has 6 heteroatoms. The average molecular weight is 311 g/mol. The summed E-state index contributed by atoms with van der Waals surface area (Å²) in [7, 11) is 1.61. The van der Waals surface area contributed by atoms with Gasteiger partial charge in [-0.1, -0.05) is 23.2 Å². The molecule has 0 heterocycles. The van der Waals surface area contributed by atoms with Crippen LogP contribution in [-0.2, 0) is 0 Å². The van der Waals surface area contributed by atoms with Crippen molar-refractivity contribution < 1.29 is 9.90 Å². The van der Waals surface area contributed by atoms with E-state index in [9.17, 15) is 9.90 Å². The van der Waals surface area contributed by atoms with Gasteiger partial charge in [0.05, 0.1) is 10.7 Å². The molecule has 0 fully saturated rings. The number of benzene rings is 2. The van der Waals surface area contributed by atoms with Gasteiger partial charge in [-0.25, -0.2) is 4.79 Å². The summed E-state index contributed by atoms with van der Waals surface area (Å²) >= 11 is 11.8. The summed E-state index contributed by atoms with van der Waals surface area (Å²) in [6.45, 7) is 0. The number of nitrogens with one attached hydrogen (secondary N) is 1. The summed E-state index contributed by atoms with van der Waals surface area (Å²) in [5, 5.41) is 12.8. The van der Waals surface area contributed by atoms with E-state index in [-0.39, 0.29) is 11.8 Å². The molecule has 0 aliphatic rings. The maximum Gasteiger partial charge on any atom is 0.326 e. The molecule has 0 atom stereocenters. The zero-order chi connectivity index (χ0) is 14.7. The van der Waals surface area contributed by atoms with Crippen LogP contribution in [0.2, 0.25) is 10.0 Å². The van der Waals surface area contributed by atoms with E-state index in [4.69, 9.17) is 23.2 Å². The van der Waals surface area contributed by atoms with E-state index in [1.165, 1.54) is 17.0 Å². The minimum Gasteiger partial charge on any atom is -0.508 e. The molecule has 0 aromatic heterocycles. The summed E-state index contributed by atoms with van der Waals surface area (Å²) in [4.78, 5) is 13.5. The predicted octanol–water partition coefficient (Wildman–Crippen LogP) is 4.37. The van der Waals surface area contributed by atoms with Crippen molar-refractivity contribution in [2.45, 2.75) is 0 Å².